The van der Waals surface area contributed by atoms with Gasteiger partial charge in [-0.3, -0.25) is 0 Å². The molecule has 1 aromatic carbocycles. The van der Waals surface area contributed by atoms with Crippen molar-refractivity contribution in [2.24, 2.45) is 10.7 Å². The Balaban J connectivity index is 2.92. The standard InChI is InChI=1S/C11H14ClN3O2S/c1-2-7-14-18(16,17)10-5-3-9(4-6-10)15-11(13)8-12/h2-6,14H,1,7-8H2,(H2,13,15). The number of nitrogens with one attached hydrogen (secondary N) is 1. The second-order valence-electron chi connectivity index (χ2n) is 3.37. The largest absolute Gasteiger partial charge is 0.386 e. The van der Waals surface area contributed by atoms with Crippen molar-refractivity contribution in [2.75, 3.05) is 12.4 Å². The van der Waals surface area contributed by atoms with Gasteiger partial charge in [-0.05, 0) is 24.3 Å². The van der Waals surface area contributed by atoms with E-state index >= 15 is 0 Å². The van der Waals surface area contributed by atoms with Crippen LogP contribution in [0.2, 0.25) is 0 Å². The molecular formula is C11H14ClN3O2S. The molecule has 0 aromatic heterocycles. The molecule has 7 heteroatoms. The summed E-state index contributed by atoms with van der Waals surface area (Å²) in [6.07, 6.45) is 1.47. The molecule has 0 aliphatic heterocycles. The van der Waals surface area contributed by atoms with Crippen molar-refractivity contribution in [3.8, 4) is 0 Å². The molecule has 0 atom stereocenters. The predicted octanol–water partition coefficient (Wildman–Crippen LogP) is 1.38. The summed E-state index contributed by atoms with van der Waals surface area (Å²) < 4.78 is 25.8. The van der Waals surface area contributed by atoms with Gasteiger partial charge in [-0.2, -0.15) is 0 Å². The molecule has 0 aliphatic rings. The molecular weight excluding hydrogens is 274 g/mol. The van der Waals surface area contributed by atoms with Crippen LogP contribution in [0.15, 0.2) is 46.8 Å². The third-order valence-corrected chi connectivity index (χ3v) is 3.69. The third-order valence-electron chi connectivity index (χ3n) is 1.97. The van der Waals surface area contributed by atoms with E-state index in [1.807, 2.05) is 0 Å². The first-order chi connectivity index (χ1) is 8.49. The molecule has 0 fully saturated rings. The Morgan fingerprint density at radius 1 is 1.44 bits per heavy atom. The molecule has 1 rings (SSSR count). The summed E-state index contributed by atoms with van der Waals surface area (Å²) >= 11 is 5.49. The minimum atomic E-state index is -3.50. The van der Waals surface area contributed by atoms with Gasteiger partial charge >= 0.3 is 0 Å². The van der Waals surface area contributed by atoms with Crippen LogP contribution in [0.1, 0.15) is 0 Å². The molecule has 1 aromatic rings. The second-order valence-corrected chi connectivity index (χ2v) is 5.41. The van der Waals surface area contributed by atoms with Crippen molar-refractivity contribution >= 4 is 33.1 Å². The highest BCUT2D eigenvalue weighted by Gasteiger charge is 2.11. The van der Waals surface area contributed by atoms with Gasteiger partial charge in [0, 0.05) is 6.54 Å². The van der Waals surface area contributed by atoms with E-state index in [4.69, 9.17) is 17.3 Å². The minimum Gasteiger partial charge on any atom is -0.386 e. The van der Waals surface area contributed by atoms with Crippen molar-refractivity contribution < 1.29 is 8.42 Å². The van der Waals surface area contributed by atoms with E-state index in [1.54, 1.807) is 12.1 Å². The van der Waals surface area contributed by atoms with Gasteiger partial charge in [-0.1, -0.05) is 6.08 Å². The van der Waals surface area contributed by atoms with E-state index in [-0.39, 0.29) is 23.2 Å². The maximum Gasteiger partial charge on any atom is 0.240 e. The van der Waals surface area contributed by atoms with Crippen LogP contribution >= 0.6 is 11.6 Å². The fraction of sp³-hybridized carbons (Fsp3) is 0.182. The summed E-state index contributed by atoms with van der Waals surface area (Å²) in [7, 11) is -3.50. The zero-order valence-electron chi connectivity index (χ0n) is 9.64. The van der Waals surface area contributed by atoms with Crippen LogP contribution in [0.5, 0.6) is 0 Å². The molecule has 5 nitrogen and oxygen atoms in total. The topological polar surface area (TPSA) is 84.5 Å². The van der Waals surface area contributed by atoms with Crippen molar-refractivity contribution in [3.05, 3.63) is 36.9 Å². The molecule has 98 valence electrons. The highest BCUT2D eigenvalue weighted by molar-refractivity contribution is 7.89. The smallest absolute Gasteiger partial charge is 0.240 e. The fourth-order valence-corrected chi connectivity index (χ4v) is 2.21. The second kappa shape index (κ2) is 6.53. The van der Waals surface area contributed by atoms with Gasteiger partial charge in [0.05, 0.1) is 16.5 Å². The van der Waals surface area contributed by atoms with Crippen LogP contribution in [0.4, 0.5) is 5.69 Å². The Bertz CT molecular complexity index is 538. The minimum absolute atomic E-state index is 0.126. The average molecular weight is 288 g/mol. The van der Waals surface area contributed by atoms with E-state index in [1.165, 1.54) is 18.2 Å². The van der Waals surface area contributed by atoms with Gasteiger partial charge in [0.25, 0.3) is 0 Å². The lowest BCUT2D eigenvalue weighted by Crippen LogP contribution is -2.23. The van der Waals surface area contributed by atoms with Crippen LogP contribution in [-0.4, -0.2) is 26.7 Å². The molecule has 0 saturated heterocycles. The molecule has 0 saturated carbocycles. The summed E-state index contributed by atoms with van der Waals surface area (Å²) in [6, 6.07) is 6.02. The number of aliphatic imine (C=N–C) groups is 1. The molecule has 0 bridgehead atoms. The lowest BCUT2D eigenvalue weighted by Gasteiger charge is -2.04. The predicted molar refractivity (Wildman–Crippen MR) is 73.8 cm³/mol. The summed E-state index contributed by atoms with van der Waals surface area (Å²) in [5.74, 6) is 0.401. The summed E-state index contributed by atoms with van der Waals surface area (Å²) in [6.45, 7) is 3.62. The average Bonchev–Trinajstić information content (AvgIpc) is 2.37. The van der Waals surface area contributed by atoms with Gasteiger partial charge in [-0.25, -0.2) is 18.1 Å². The zero-order valence-corrected chi connectivity index (χ0v) is 11.2. The van der Waals surface area contributed by atoms with E-state index in [0.29, 0.717) is 5.69 Å². The fourth-order valence-electron chi connectivity index (χ4n) is 1.15. The Morgan fingerprint density at radius 3 is 2.56 bits per heavy atom. The maximum absolute atomic E-state index is 11.7. The quantitative estimate of drug-likeness (QED) is 0.359. The van der Waals surface area contributed by atoms with Gasteiger partial charge in [-0.15, -0.1) is 18.2 Å². The molecule has 3 N–H and O–H groups in total. The number of benzene rings is 1. The van der Waals surface area contributed by atoms with Gasteiger partial charge in [0.2, 0.25) is 10.0 Å². The van der Waals surface area contributed by atoms with E-state index < -0.39 is 10.0 Å². The number of hydrogen-bond donors (Lipinski definition) is 2. The number of nitrogens with zero attached hydrogens (tertiary/aromatic N) is 1. The first kappa shape index (κ1) is 14.7. The van der Waals surface area contributed by atoms with E-state index in [0.717, 1.165) is 0 Å². The third kappa shape index (κ3) is 4.14. The highest BCUT2D eigenvalue weighted by Crippen LogP contribution is 2.16. The first-order valence-corrected chi connectivity index (χ1v) is 7.11. The number of amidine groups is 1. The number of sulfonamides is 1. The molecule has 0 amide bonds. The van der Waals surface area contributed by atoms with Gasteiger partial charge < -0.3 is 5.73 Å². The van der Waals surface area contributed by atoms with Gasteiger partial charge in [0.1, 0.15) is 5.84 Å². The summed E-state index contributed by atoms with van der Waals surface area (Å²) in [4.78, 5) is 4.15. The van der Waals surface area contributed by atoms with Crippen molar-refractivity contribution in [3.63, 3.8) is 0 Å². The Hall–Kier alpha value is -1.37. The van der Waals surface area contributed by atoms with Crippen LogP contribution in [0.3, 0.4) is 0 Å². The molecule has 0 aliphatic carbocycles. The zero-order chi connectivity index (χ0) is 13.6. The van der Waals surface area contributed by atoms with Crippen molar-refractivity contribution in [1.82, 2.24) is 4.72 Å². The van der Waals surface area contributed by atoms with Gasteiger partial charge in [0.15, 0.2) is 0 Å². The monoisotopic (exact) mass is 287 g/mol. The van der Waals surface area contributed by atoms with Crippen molar-refractivity contribution in [1.29, 1.82) is 0 Å². The molecule has 0 unspecified atom stereocenters. The van der Waals surface area contributed by atoms with Crippen molar-refractivity contribution in [2.45, 2.75) is 4.90 Å². The number of nitrogens with two attached hydrogens (primary N) is 1. The lowest BCUT2D eigenvalue weighted by molar-refractivity contribution is 0.585. The number of hydrogen-bond acceptors (Lipinski definition) is 3. The Morgan fingerprint density at radius 2 is 2.06 bits per heavy atom. The molecule has 0 heterocycles. The molecule has 0 radical (unpaired) electrons. The van der Waals surface area contributed by atoms with E-state index in [9.17, 15) is 8.42 Å². The SMILES string of the molecule is C=CCNS(=O)(=O)c1ccc(N=C(N)CCl)cc1. The van der Waals surface area contributed by atoms with E-state index in [2.05, 4.69) is 16.3 Å². The normalized spacial score (nSPS) is 12.4. The van der Waals surface area contributed by atoms with Crippen LogP contribution < -0.4 is 10.5 Å². The Labute approximate surface area is 111 Å². The highest BCUT2D eigenvalue weighted by atomic mass is 35.5. The van der Waals surface area contributed by atoms with Crippen LogP contribution in [-0.2, 0) is 10.0 Å². The lowest BCUT2D eigenvalue weighted by atomic mass is 10.3. The molecule has 0 spiro atoms. The van der Waals surface area contributed by atoms with Crippen LogP contribution in [0.25, 0.3) is 0 Å². The maximum atomic E-state index is 11.7. The van der Waals surface area contributed by atoms with Crippen LogP contribution in [0, 0.1) is 0 Å². The number of rotatable bonds is 6. The summed E-state index contributed by atoms with van der Waals surface area (Å²) in [5, 5.41) is 0. The molecule has 18 heavy (non-hydrogen) atoms. The Kier molecular flexibility index (Phi) is 5.33. The summed E-state index contributed by atoms with van der Waals surface area (Å²) in [5.41, 5.74) is 6.02. The number of alkyl halides is 1. The number of halogens is 1. The first-order valence-electron chi connectivity index (χ1n) is 5.09.